The molecule has 0 aromatic heterocycles. The first-order valence-electron chi connectivity index (χ1n) is 6.83. The van der Waals surface area contributed by atoms with E-state index in [1.807, 2.05) is 25.1 Å². The Hall–Kier alpha value is -1.17. The van der Waals surface area contributed by atoms with E-state index in [-0.39, 0.29) is 0 Å². The minimum absolute atomic E-state index is 0.352. The van der Waals surface area contributed by atoms with Crippen molar-refractivity contribution in [2.75, 3.05) is 20.2 Å². The van der Waals surface area contributed by atoms with Crippen LogP contribution in [0, 0.1) is 0 Å². The summed E-state index contributed by atoms with van der Waals surface area (Å²) in [6.45, 7) is 4.56. The van der Waals surface area contributed by atoms with Gasteiger partial charge in [-0.05, 0) is 37.5 Å². The molecule has 2 rings (SSSR count). The van der Waals surface area contributed by atoms with Gasteiger partial charge >= 0.3 is 0 Å². The highest BCUT2D eigenvalue weighted by atomic mass is 32.1. The highest BCUT2D eigenvalue weighted by Crippen LogP contribution is 2.24. The number of nitrogens with two attached hydrogens (primary N) is 1. The summed E-state index contributed by atoms with van der Waals surface area (Å²) in [5, 5.41) is 9.97. The molecule has 0 saturated carbocycles. The Labute approximate surface area is 125 Å². The number of ether oxygens (including phenoxy) is 1. The largest absolute Gasteiger partial charge is 0.496 e. The van der Waals surface area contributed by atoms with Crippen LogP contribution in [-0.2, 0) is 6.54 Å². The van der Waals surface area contributed by atoms with Crippen molar-refractivity contribution in [3.63, 3.8) is 0 Å². The number of hydrogen-bond acceptors (Lipinski definition) is 4. The van der Waals surface area contributed by atoms with Crippen LogP contribution in [0.15, 0.2) is 18.2 Å². The van der Waals surface area contributed by atoms with Crippen LogP contribution >= 0.6 is 12.2 Å². The number of likely N-dealkylation sites (tertiary alicyclic amines) is 1. The molecule has 0 unspecified atom stereocenters. The first kappa shape index (κ1) is 15.2. The molecule has 0 bridgehead atoms. The van der Waals surface area contributed by atoms with E-state index in [2.05, 4.69) is 4.90 Å². The van der Waals surface area contributed by atoms with Gasteiger partial charge < -0.3 is 15.6 Å². The molecular formula is C15H22N2O2S. The van der Waals surface area contributed by atoms with Gasteiger partial charge in [-0.1, -0.05) is 18.3 Å². The molecule has 0 aliphatic carbocycles. The normalized spacial score (nSPS) is 18.8. The molecule has 1 fully saturated rings. The van der Waals surface area contributed by atoms with Gasteiger partial charge in [-0.2, -0.15) is 0 Å². The van der Waals surface area contributed by atoms with E-state index < -0.39 is 5.60 Å². The molecule has 0 spiro atoms. The van der Waals surface area contributed by atoms with Crippen LogP contribution in [0.3, 0.4) is 0 Å². The SMILES string of the molecule is COc1ccc(CN2CCC(C)(O)CC2)cc1C(N)=S. The molecule has 1 aliphatic rings. The molecular weight excluding hydrogens is 272 g/mol. The molecule has 3 N–H and O–H groups in total. The van der Waals surface area contributed by atoms with Gasteiger partial charge in [-0.15, -0.1) is 0 Å². The number of thiocarbonyl (C=S) groups is 1. The van der Waals surface area contributed by atoms with Crippen LogP contribution in [0.5, 0.6) is 5.75 Å². The molecule has 0 amide bonds. The minimum atomic E-state index is -0.513. The number of hydrogen-bond donors (Lipinski definition) is 2. The lowest BCUT2D eigenvalue weighted by Gasteiger charge is -2.35. The topological polar surface area (TPSA) is 58.7 Å². The second-order valence-electron chi connectivity index (χ2n) is 5.67. The first-order valence-corrected chi connectivity index (χ1v) is 7.23. The van der Waals surface area contributed by atoms with Crippen LogP contribution in [-0.4, -0.2) is 40.8 Å². The van der Waals surface area contributed by atoms with Crippen LogP contribution in [0.2, 0.25) is 0 Å². The summed E-state index contributed by atoms with van der Waals surface area (Å²) in [4.78, 5) is 2.69. The van der Waals surface area contributed by atoms with E-state index in [1.165, 1.54) is 0 Å². The fourth-order valence-electron chi connectivity index (χ4n) is 2.50. The number of rotatable bonds is 4. The molecule has 1 aromatic rings. The molecule has 0 atom stereocenters. The summed E-state index contributed by atoms with van der Waals surface area (Å²) in [5.41, 5.74) is 7.16. The van der Waals surface area contributed by atoms with Crippen molar-refractivity contribution in [2.45, 2.75) is 31.9 Å². The van der Waals surface area contributed by atoms with Crippen molar-refractivity contribution in [2.24, 2.45) is 5.73 Å². The van der Waals surface area contributed by atoms with Gasteiger partial charge in [0.2, 0.25) is 0 Å². The zero-order valence-corrected chi connectivity index (χ0v) is 12.9. The summed E-state index contributed by atoms with van der Waals surface area (Å²) < 4.78 is 5.26. The minimum Gasteiger partial charge on any atom is -0.496 e. The van der Waals surface area contributed by atoms with E-state index in [9.17, 15) is 5.11 Å². The van der Waals surface area contributed by atoms with E-state index in [1.54, 1.807) is 7.11 Å². The lowest BCUT2D eigenvalue weighted by atomic mass is 9.93. The van der Waals surface area contributed by atoms with Crippen molar-refractivity contribution in [3.8, 4) is 5.75 Å². The molecule has 20 heavy (non-hydrogen) atoms. The van der Waals surface area contributed by atoms with Crippen LogP contribution < -0.4 is 10.5 Å². The number of benzene rings is 1. The third-order valence-corrected chi connectivity index (χ3v) is 4.09. The molecule has 0 radical (unpaired) electrons. The molecule has 110 valence electrons. The van der Waals surface area contributed by atoms with Crippen molar-refractivity contribution >= 4 is 17.2 Å². The van der Waals surface area contributed by atoms with Gasteiger partial charge in [0.1, 0.15) is 10.7 Å². The highest BCUT2D eigenvalue weighted by molar-refractivity contribution is 7.80. The van der Waals surface area contributed by atoms with Crippen molar-refractivity contribution in [1.29, 1.82) is 0 Å². The summed E-state index contributed by atoms with van der Waals surface area (Å²) in [6, 6.07) is 5.94. The third-order valence-electron chi connectivity index (χ3n) is 3.87. The number of piperidine rings is 1. The van der Waals surface area contributed by atoms with E-state index in [4.69, 9.17) is 22.7 Å². The van der Waals surface area contributed by atoms with Gasteiger partial charge in [0.15, 0.2) is 0 Å². The van der Waals surface area contributed by atoms with Gasteiger partial charge in [0, 0.05) is 19.6 Å². The Kier molecular flexibility index (Phi) is 4.62. The van der Waals surface area contributed by atoms with E-state index >= 15 is 0 Å². The van der Waals surface area contributed by atoms with Gasteiger partial charge in [0.05, 0.1) is 18.3 Å². The lowest BCUT2D eigenvalue weighted by Crippen LogP contribution is -2.41. The predicted octanol–water partition coefficient (Wildman–Crippen LogP) is 1.68. The fourth-order valence-corrected chi connectivity index (χ4v) is 2.66. The molecule has 1 heterocycles. The molecule has 1 aliphatic heterocycles. The molecule has 5 heteroatoms. The zero-order chi connectivity index (χ0) is 14.8. The first-order chi connectivity index (χ1) is 9.41. The van der Waals surface area contributed by atoms with E-state index in [0.717, 1.165) is 43.6 Å². The average molecular weight is 294 g/mol. The van der Waals surface area contributed by atoms with Gasteiger partial charge in [-0.3, -0.25) is 4.90 Å². The van der Waals surface area contributed by atoms with Crippen molar-refractivity contribution < 1.29 is 9.84 Å². The fraction of sp³-hybridized carbons (Fsp3) is 0.533. The monoisotopic (exact) mass is 294 g/mol. The summed E-state index contributed by atoms with van der Waals surface area (Å²) in [5.74, 6) is 0.711. The Bertz CT molecular complexity index is 493. The number of methoxy groups -OCH3 is 1. The van der Waals surface area contributed by atoms with Crippen LogP contribution in [0.25, 0.3) is 0 Å². The Morgan fingerprint density at radius 2 is 2.10 bits per heavy atom. The smallest absolute Gasteiger partial charge is 0.129 e. The summed E-state index contributed by atoms with van der Waals surface area (Å²) in [7, 11) is 1.61. The summed E-state index contributed by atoms with van der Waals surface area (Å²) >= 11 is 5.06. The average Bonchev–Trinajstić information content (AvgIpc) is 2.41. The number of nitrogens with zero attached hydrogens (tertiary/aromatic N) is 1. The van der Waals surface area contributed by atoms with E-state index in [0.29, 0.717) is 10.7 Å². The zero-order valence-electron chi connectivity index (χ0n) is 12.1. The van der Waals surface area contributed by atoms with Gasteiger partial charge in [0.25, 0.3) is 0 Å². The van der Waals surface area contributed by atoms with Crippen molar-refractivity contribution in [1.82, 2.24) is 4.90 Å². The molecule has 1 aromatic carbocycles. The highest BCUT2D eigenvalue weighted by Gasteiger charge is 2.27. The third kappa shape index (κ3) is 3.69. The molecule has 1 saturated heterocycles. The maximum atomic E-state index is 9.97. The summed E-state index contributed by atoms with van der Waals surface area (Å²) in [6.07, 6.45) is 1.62. The Morgan fingerprint density at radius 3 is 2.65 bits per heavy atom. The standard InChI is InChI=1S/C15H22N2O2S/c1-15(18)5-7-17(8-6-15)10-11-3-4-13(19-2)12(9-11)14(16)20/h3-4,9,18H,5-8,10H2,1-2H3,(H2,16,20). The second kappa shape index (κ2) is 6.08. The number of aliphatic hydroxyl groups is 1. The predicted molar refractivity (Wildman–Crippen MR) is 84.0 cm³/mol. The quantitative estimate of drug-likeness (QED) is 0.827. The Morgan fingerprint density at radius 1 is 1.45 bits per heavy atom. The lowest BCUT2D eigenvalue weighted by molar-refractivity contribution is -0.00730. The Balaban J connectivity index is 2.07. The molecule has 4 nitrogen and oxygen atoms in total. The van der Waals surface area contributed by atoms with Crippen molar-refractivity contribution in [3.05, 3.63) is 29.3 Å². The maximum Gasteiger partial charge on any atom is 0.129 e. The van der Waals surface area contributed by atoms with Gasteiger partial charge in [-0.25, -0.2) is 0 Å². The maximum absolute atomic E-state index is 9.97. The van der Waals surface area contributed by atoms with Crippen LogP contribution in [0.1, 0.15) is 30.9 Å². The second-order valence-corrected chi connectivity index (χ2v) is 6.11. The van der Waals surface area contributed by atoms with Crippen LogP contribution in [0.4, 0.5) is 0 Å².